The van der Waals surface area contributed by atoms with Crippen LogP contribution in [-0.2, 0) is 0 Å². The van der Waals surface area contributed by atoms with Crippen LogP contribution in [0.5, 0.6) is 0 Å². The van der Waals surface area contributed by atoms with Gasteiger partial charge in [0.15, 0.2) is 4.34 Å². The summed E-state index contributed by atoms with van der Waals surface area (Å²) in [6.07, 6.45) is 0. The average molecular weight is 286 g/mol. The van der Waals surface area contributed by atoms with E-state index in [0.717, 1.165) is 32.4 Å². The Labute approximate surface area is 114 Å². The fraction of sp³-hybridized carbons (Fsp3) is 0.273. The second kappa shape index (κ2) is 6.23. The molecule has 0 spiro atoms. The van der Waals surface area contributed by atoms with Gasteiger partial charge in [-0.05, 0) is 31.2 Å². The Hall–Kier alpha value is -0.780. The van der Waals surface area contributed by atoms with Gasteiger partial charge in [0.1, 0.15) is 5.01 Å². The summed E-state index contributed by atoms with van der Waals surface area (Å²) in [4.78, 5) is 0. The molecule has 0 aliphatic rings. The molecule has 0 saturated heterocycles. The number of aromatic nitrogens is 2. The van der Waals surface area contributed by atoms with Gasteiger partial charge in [-0.25, -0.2) is 0 Å². The molecular formula is C11H12ClN3S2. The molecule has 2 aromatic rings. The van der Waals surface area contributed by atoms with E-state index in [-0.39, 0.29) is 0 Å². The van der Waals surface area contributed by atoms with Crippen LogP contribution in [-0.4, -0.2) is 22.5 Å². The SMILES string of the molecule is Cc1nnc(SCCNc2ccc(Cl)cc2)s1. The number of hydrogen-bond donors (Lipinski definition) is 1. The molecule has 0 atom stereocenters. The first-order valence-electron chi connectivity index (χ1n) is 5.16. The van der Waals surface area contributed by atoms with Gasteiger partial charge < -0.3 is 5.32 Å². The van der Waals surface area contributed by atoms with E-state index >= 15 is 0 Å². The lowest BCUT2D eigenvalue weighted by atomic mass is 10.3. The maximum Gasteiger partial charge on any atom is 0.174 e. The molecule has 0 aliphatic heterocycles. The quantitative estimate of drug-likeness (QED) is 0.671. The van der Waals surface area contributed by atoms with E-state index in [2.05, 4.69) is 15.5 Å². The normalized spacial score (nSPS) is 10.5. The fourth-order valence-electron chi connectivity index (χ4n) is 1.24. The molecule has 0 bridgehead atoms. The molecule has 1 aromatic carbocycles. The molecule has 1 heterocycles. The summed E-state index contributed by atoms with van der Waals surface area (Å²) in [7, 11) is 0. The van der Waals surface area contributed by atoms with Crippen LogP contribution >= 0.6 is 34.7 Å². The predicted molar refractivity (Wildman–Crippen MR) is 75.3 cm³/mol. The Bertz CT molecular complexity index is 470. The van der Waals surface area contributed by atoms with Crippen molar-refractivity contribution < 1.29 is 0 Å². The van der Waals surface area contributed by atoms with E-state index in [1.165, 1.54) is 0 Å². The highest BCUT2D eigenvalue weighted by molar-refractivity contribution is 8.01. The molecule has 1 aromatic heterocycles. The number of aryl methyl sites for hydroxylation is 1. The van der Waals surface area contributed by atoms with Crippen LogP contribution in [0.2, 0.25) is 5.02 Å². The number of rotatable bonds is 5. The smallest absolute Gasteiger partial charge is 0.174 e. The minimum absolute atomic E-state index is 0.759. The zero-order chi connectivity index (χ0) is 12.1. The zero-order valence-corrected chi connectivity index (χ0v) is 11.7. The lowest BCUT2D eigenvalue weighted by Gasteiger charge is -2.04. The summed E-state index contributed by atoms with van der Waals surface area (Å²) < 4.78 is 1.03. The van der Waals surface area contributed by atoms with E-state index in [0.29, 0.717) is 0 Å². The van der Waals surface area contributed by atoms with Crippen LogP contribution in [0.15, 0.2) is 28.6 Å². The van der Waals surface area contributed by atoms with E-state index in [1.54, 1.807) is 23.1 Å². The lowest BCUT2D eigenvalue weighted by molar-refractivity contribution is 0.983. The van der Waals surface area contributed by atoms with Gasteiger partial charge in [0.25, 0.3) is 0 Å². The highest BCUT2D eigenvalue weighted by Crippen LogP contribution is 2.21. The fourth-order valence-corrected chi connectivity index (χ4v) is 3.11. The van der Waals surface area contributed by atoms with Gasteiger partial charge in [0, 0.05) is 23.0 Å². The Balaban J connectivity index is 1.71. The van der Waals surface area contributed by atoms with E-state index in [9.17, 15) is 0 Å². The van der Waals surface area contributed by atoms with Gasteiger partial charge in [-0.2, -0.15) is 0 Å². The number of thioether (sulfide) groups is 1. The van der Waals surface area contributed by atoms with Crippen molar-refractivity contribution in [3.8, 4) is 0 Å². The van der Waals surface area contributed by atoms with Crippen molar-refractivity contribution in [1.29, 1.82) is 0 Å². The molecule has 3 nitrogen and oxygen atoms in total. The van der Waals surface area contributed by atoms with Crippen molar-refractivity contribution in [2.24, 2.45) is 0 Å². The molecule has 0 radical (unpaired) electrons. The van der Waals surface area contributed by atoms with Crippen molar-refractivity contribution in [2.45, 2.75) is 11.3 Å². The zero-order valence-electron chi connectivity index (χ0n) is 9.31. The van der Waals surface area contributed by atoms with E-state index in [1.807, 2.05) is 31.2 Å². The maximum atomic E-state index is 5.81. The highest BCUT2D eigenvalue weighted by atomic mass is 35.5. The molecule has 0 unspecified atom stereocenters. The molecule has 0 fully saturated rings. The maximum absolute atomic E-state index is 5.81. The van der Waals surface area contributed by atoms with E-state index in [4.69, 9.17) is 11.6 Å². The van der Waals surface area contributed by atoms with Crippen LogP contribution in [0, 0.1) is 6.92 Å². The Morgan fingerprint density at radius 3 is 2.71 bits per heavy atom. The minimum atomic E-state index is 0.759. The van der Waals surface area contributed by atoms with Crippen molar-refractivity contribution in [1.82, 2.24) is 10.2 Å². The number of nitrogens with one attached hydrogen (secondary N) is 1. The van der Waals surface area contributed by atoms with E-state index < -0.39 is 0 Å². The predicted octanol–water partition coefficient (Wildman–Crippen LogP) is 3.70. The first kappa shape index (κ1) is 12.7. The molecule has 0 amide bonds. The molecule has 2 rings (SSSR count). The van der Waals surface area contributed by atoms with Crippen LogP contribution < -0.4 is 5.32 Å². The summed E-state index contributed by atoms with van der Waals surface area (Å²) in [5.41, 5.74) is 1.09. The van der Waals surface area contributed by atoms with Gasteiger partial charge in [-0.3, -0.25) is 0 Å². The first-order valence-corrected chi connectivity index (χ1v) is 7.34. The first-order chi connectivity index (χ1) is 8.24. The van der Waals surface area contributed by atoms with Gasteiger partial charge in [-0.15, -0.1) is 10.2 Å². The van der Waals surface area contributed by atoms with Crippen LogP contribution in [0.25, 0.3) is 0 Å². The summed E-state index contributed by atoms with van der Waals surface area (Å²) in [5, 5.41) is 13.1. The number of halogens is 1. The van der Waals surface area contributed by atoms with Gasteiger partial charge in [-0.1, -0.05) is 34.7 Å². The standard InChI is InChI=1S/C11H12ClN3S2/c1-8-14-15-11(17-8)16-7-6-13-10-4-2-9(12)3-5-10/h2-5,13H,6-7H2,1H3. The third kappa shape index (κ3) is 4.18. The van der Waals surface area contributed by atoms with Crippen molar-refractivity contribution in [3.05, 3.63) is 34.3 Å². The average Bonchev–Trinajstić information content (AvgIpc) is 2.73. The lowest BCUT2D eigenvalue weighted by Crippen LogP contribution is -2.03. The summed E-state index contributed by atoms with van der Waals surface area (Å²) in [5.74, 6) is 0.970. The van der Waals surface area contributed by atoms with Crippen LogP contribution in [0.3, 0.4) is 0 Å². The third-order valence-electron chi connectivity index (χ3n) is 2.01. The minimum Gasteiger partial charge on any atom is -0.384 e. The number of nitrogens with zero attached hydrogens (tertiary/aromatic N) is 2. The van der Waals surface area contributed by atoms with Crippen molar-refractivity contribution >= 4 is 40.4 Å². The molecular weight excluding hydrogens is 274 g/mol. The molecule has 6 heteroatoms. The van der Waals surface area contributed by atoms with Gasteiger partial charge in [0.05, 0.1) is 0 Å². The Kier molecular flexibility index (Phi) is 4.65. The molecule has 90 valence electrons. The van der Waals surface area contributed by atoms with Crippen LogP contribution in [0.1, 0.15) is 5.01 Å². The second-order valence-electron chi connectivity index (χ2n) is 3.37. The second-order valence-corrected chi connectivity index (χ2v) is 6.33. The molecule has 1 N–H and O–H groups in total. The Morgan fingerprint density at radius 1 is 1.29 bits per heavy atom. The largest absolute Gasteiger partial charge is 0.384 e. The van der Waals surface area contributed by atoms with Crippen LogP contribution in [0.4, 0.5) is 5.69 Å². The van der Waals surface area contributed by atoms with Gasteiger partial charge in [0.2, 0.25) is 0 Å². The summed E-state index contributed by atoms with van der Waals surface area (Å²) in [6, 6.07) is 7.71. The summed E-state index contributed by atoms with van der Waals surface area (Å²) >= 11 is 9.16. The summed E-state index contributed by atoms with van der Waals surface area (Å²) in [6.45, 7) is 2.86. The third-order valence-corrected chi connectivity index (χ3v) is 4.23. The van der Waals surface area contributed by atoms with Crippen molar-refractivity contribution in [2.75, 3.05) is 17.6 Å². The number of benzene rings is 1. The highest BCUT2D eigenvalue weighted by Gasteiger charge is 2.00. The molecule has 0 aliphatic carbocycles. The van der Waals surface area contributed by atoms with Gasteiger partial charge >= 0.3 is 0 Å². The molecule has 17 heavy (non-hydrogen) atoms. The number of anilines is 1. The topological polar surface area (TPSA) is 37.8 Å². The monoisotopic (exact) mass is 285 g/mol. The Morgan fingerprint density at radius 2 is 2.06 bits per heavy atom. The van der Waals surface area contributed by atoms with Crippen molar-refractivity contribution in [3.63, 3.8) is 0 Å². The number of hydrogen-bond acceptors (Lipinski definition) is 5. The molecule has 0 saturated carbocycles.